The van der Waals surface area contributed by atoms with Crippen molar-refractivity contribution in [3.8, 4) is 0 Å². The van der Waals surface area contributed by atoms with Gasteiger partial charge < -0.3 is 0 Å². The third-order valence-electron chi connectivity index (χ3n) is 5.98. The first-order chi connectivity index (χ1) is 13.2. The Kier molecular flexibility index (Phi) is 11.6. The molecule has 2 aromatic carbocycles. The summed E-state index contributed by atoms with van der Waals surface area (Å²) in [7, 11) is 0. The van der Waals surface area contributed by atoms with Crippen molar-refractivity contribution in [1.82, 2.24) is 0 Å². The molecule has 0 radical (unpaired) electrons. The normalized spacial score (nSPS) is 11.2. The van der Waals surface area contributed by atoms with Gasteiger partial charge in [0.25, 0.3) is 0 Å². The fourth-order valence-corrected chi connectivity index (χ4v) is 2.56. The molecule has 0 aliphatic rings. The number of rotatable bonds is 2. The third kappa shape index (κ3) is 10.7. The van der Waals surface area contributed by atoms with Crippen LogP contribution in [0.3, 0.4) is 0 Å². The molecule has 0 aliphatic heterocycles. The van der Waals surface area contributed by atoms with Gasteiger partial charge in [0.2, 0.25) is 0 Å². The van der Waals surface area contributed by atoms with Crippen molar-refractivity contribution in [2.75, 3.05) is 0 Å². The van der Waals surface area contributed by atoms with E-state index in [1.54, 1.807) is 0 Å². The molecule has 0 heteroatoms. The quantitative estimate of drug-likeness (QED) is 0.474. The van der Waals surface area contributed by atoms with Crippen LogP contribution in [0.15, 0.2) is 36.4 Å². The van der Waals surface area contributed by atoms with Gasteiger partial charge in [0.15, 0.2) is 0 Å². The summed E-state index contributed by atoms with van der Waals surface area (Å²) in [6, 6.07) is 13.3. The molecule has 164 valence electrons. The van der Waals surface area contributed by atoms with Gasteiger partial charge in [-0.3, -0.25) is 0 Å². The van der Waals surface area contributed by atoms with Crippen LogP contribution < -0.4 is 0 Å². The van der Waals surface area contributed by atoms with Crippen LogP contribution in [0.2, 0.25) is 0 Å². The molecule has 0 atom stereocenters. The second kappa shape index (κ2) is 12.2. The SMILES string of the molecule is CC(C)C(C)(C)C.Cc1cc(C)c(C(C)C)cc1C.Cc1ccc(C(C)C)cc1. The Morgan fingerprint density at radius 3 is 1.34 bits per heavy atom. The van der Waals surface area contributed by atoms with Crippen LogP contribution in [0.5, 0.6) is 0 Å². The van der Waals surface area contributed by atoms with E-state index in [9.17, 15) is 0 Å². The van der Waals surface area contributed by atoms with Crippen LogP contribution in [0, 0.1) is 39.0 Å². The van der Waals surface area contributed by atoms with Crippen molar-refractivity contribution < 1.29 is 0 Å². The maximum Gasteiger partial charge on any atom is -0.0216 e. The van der Waals surface area contributed by atoms with Crippen molar-refractivity contribution in [2.45, 2.75) is 102 Å². The molecule has 0 fully saturated rings. The van der Waals surface area contributed by atoms with Gasteiger partial charge in [-0.15, -0.1) is 0 Å². The number of hydrogen-bond acceptors (Lipinski definition) is 0. The second-order valence-corrected chi connectivity index (χ2v) is 10.5. The number of hydrogen-bond donors (Lipinski definition) is 0. The third-order valence-corrected chi connectivity index (χ3v) is 5.98. The first-order valence-corrected chi connectivity index (χ1v) is 11.3. The minimum absolute atomic E-state index is 0.500. The summed E-state index contributed by atoms with van der Waals surface area (Å²) < 4.78 is 0. The lowest BCUT2D eigenvalue weighted by atomic mass is 9.84. The molecule has 0 nitrogen and oxygen atoms in total. The lowest BCUT2D eigenvalue weighted by molar-refractivity contribution is 0.283. The largest absolute Gasteiger partial charge is 0.0623 e. The summed E-state index contributed by atoms with van der Waals surface area (Å²) in [5, 5.41) is 0. The molecule has 0 spiro atoms. The highest BCUT2D eigenvalue weighted by molar-refractivity contribution is 5.37. The predicted octanol–water partition coefficient (Wildman–Crippen LogP) is 9.54. The van der Waals surface area contributed by atoms with Crippen LogP contribution in [-0.2, 0) is 0 Å². The maximum atomic E-state index is 2.31. The number of benzene rings is 2. The highest BCUT2D eigenvalue weighted by Crippen LogP contribution is 2.24. The van der Waals surface area contributed by atoms with Gasteiger partial charge in [-0.25, -0.2) is 0 Å². The second-order valence-electron chi connectivity index (χ2n) is 10.5. The van der Waals surface area contributed by atoms with E-state index in [-0.39, 0.29) is 0 Å². The van der Waals surface area contributed by atoms with E-state index >= 15 is 0 Å². The van der Waals surface area contributed by atoms with Gasteiger partial charge in [-0.1, -0.05) is 104 Å². The molecule has 0 unspecified atom stereocenters. The molecule has 0 saturated carbocycles. The molecular formula is C29H48. The summed E-state index contributed by atoms with van der Waals surface area (Å²) in [5.41, 5.74) is 8.97. The zero-order valence-electron chi connectivity index (χ0n) is 21.7. The fourth-order valence-electron chi connectivity index (χ4n) is 2.56. The van der Waals surface area contributed by atoms with Crippen LogP contribution in [0.4, 0.5) is 0 Å². The van der Waals surface area contributed by atoms with Crippen molar-refractivity contribution in [1.29, 1.82) is 0 Å². The maximum absolute atomic E-state index is 2.31. The first-order valence-electron chi connectivity index (χ1n) is 11.3. The van der Waals surface area contributed by atoms with Crippen molar-refractivity contribution >= 4 is 0 Å². The minimum Gasteiger partial charge on any atom is -0.0623 e. The van der Waals surface area contributed by atoms with Crippen molar-refractivity contribution in [3.63, 3.8) is 0 Å². The van der Waals surface area contributed by atoms with Crippen LogP contribution in [0.25, 0.3) is 0 Å². The van der Waals surface area contributed by atoms with Crippen LogP contribution >= 0.6 is 0 Å². The molecule has 0 aliphatic carbocycles. The van der Waals surface area contributed by atoms with Crippen LogP contribution in [-0.4, -0.2) is 0 Å². The Bertz CT molecular complexity index is 707. The Morgan fingerprint density at radius 1 is 0.586 bits per heavy atom. The summed E-state index contributed by atoms with van der Waals surface area (Å²) in [4.78, 5) is 0. The van der Waals surface area contributed by atoms with Crippen LogP contribution in [0.1, 0.15) is 108 Å². The standard InChI is InChI=1S/C12H18.C10H14.C7H16/c1-8(2)12-7-10(4)9(3)6-11(12)5;1-8(2)10-6-4-9(3)5-7-10;1-6(2)7(3,4)5/h6-8H,1-5H3;4-8H,1-3H3;6H,1-5H3. The van der Waals surface area contributed by atoms with E-state index in [2.05, 4.69) is 126 Å². The summed E-state index contributed by atoms with van der Waals surface area (Å²) >= 11 is 0. The van der Waals surface area contributed by atoms with Gasteiger partial charge in [0, 0.05) is 0 Å². The molecule has 29 heavy (non-hydrogen) atoms. The van der Waals surface area contributed by atoms with Gasteiger partial charge in [-0.05, 0) is 78.7 Å². The Balaban J connectivity index is 0.000000421. The van der Waals surface area contributed by atoms with Gasteiger partial charge in [0.1, 0.15) is 0 Å². The first kappa shape index (κ1) is 27.4. The zero-order chi connectivity index (χ0) is 22.9. The van der Waals surface area contributed by atoms with E-state index in [0.29, 0.717) is 17.3 Å². The van der Waals surface area contributed by atoms with Crippen molar-refractivity contribution in [3.05, 3.63) is 69.8 Å². The average molecular weight is 397 g/mol. The summed E-state index contributed by atoms with van der Waals surface area (Å²) in [6.07, 6.45) is 0. The molecular weight excluding hydrogens is 348 g/mol. The Morgan fingerprint density at radius 2 is 1.00 bits per heavy atom. The number of aryl methyl sites for hydroxylation is 4. The lowest BCUT2D eigenvalue weighted by Crippen LogP contribution is -2.12. The molecule has 0 bridgehead atoms. The fraction of sp³-hybridized carbons (Fsp3) is 0.586. The molecule has 0 amide bonds. The van der Waals surface area contributed by atoms with Crippen molar-refractivity contribution in [2.24, 2.45) is 11.3 Å². The average Bonchev–Trinajstić information content (AvgIpc) is 2.58. The van der Waals surface area contributed by atoms with E-state index in [1.807, 2.05) is 0 Å². The van der Waals surface area contributed by atoms with E-state index in [4.69, 9.17) is 0 Å². The summed E-state index contributed by atoms with van der Waals surface area (Å²) in [5.74, 6) is 2.09. The monoisotopic (exact) mass is 396 g/mol. The van der Waals surface area contributed by atoms with E-state index < -0.39 is 0 Å². The lowest BCUT2D eigenvalue weighted by Gasteiger charge is -2.22. The van der Waals surface area contributed by atoms with Gasteiger partial charge in [-0.2, -0.15) is 0 Å². The molecule has 0 saturated heterocycles. The highest BCUT2D eigenvalue weighted by Gasteiger charge is 2.13. The van der Waals surface area contributed by atoms with Gasteiger partial charge in [0.05, 0.1) is 0 Å². The highest BCUT2D eigenvalue weighted by atomic mass is 14.2. The van der Waals surface area contributed by atoms with Gasteiger partial charge >= 0.3 is 0 Å². The molecule has 0 N–H and O–H groups in total. The zero-order valence-corrected chi connectivity index (χ0v) is 21.7. The van der Waals surface area contributed by atoms with E-state index in [0.717, 1.165) is 5.92 Å². The predicted molar refractivity (Wildman–Crippen MR) is 134 cm³/mol. The molecule has 2 rings (SSSR count). The topological polar surface area (TPSA) is 0 Å². The minimum atomic E-state index is 0.500. The Labute approximate surface area is 183 Å². The Hall–Kier alpha value is -1.56. The molecule has 0 heterocycles. The summed E-state index contributed by atoms with van der Waals surface area (Å²) in [6.45, 7) is 28.9. The van der Waals surface area contributed by atoms with E-state index in [1.165, 1.54) is 33.4 Å². The molecule has 2 aromatic rings. The smallest absolute Gasteiger partial charge is 0.0216 e. The molecule has 0 aromatic heterocycles.